The molecule has 1 aromatic carbocycles. The van der Waals surface area contributed by atoms with Crippen LogP contribution in [-0.2, 0) is 16.0 Å². The summed E-state index contributed by atoms with van der Waals surface area (Å²) in [5.74, 6) is 0.886. The van der Waals surface area contributed by atoms with Crippen LogP contribution < -0.4 is 4.90 Å². The maximum atomic E-state index is 12.6. The molecule has 4 aliphatic rings. The maximum Gasteiger partial charge on any atom is 0.410 e. The number of piperidine rings is 1. The number of amides is 2. The average Bonchev–Trinajstić information content (AvgIpc) is 3.35. The molecule has 0 unspecified atom stereocenters. The smallest absolute Gasteiger partial charge is 0.410 e. The van der Waals surface area contributed by atoms with Crippen molar-refractivity contribution in [3.63, 3.8) is 0 Å². The van der Waals surface area contributed by atoms with Crippen LogP contribution in [0.3, 0.4) is 0 Å². The molecule has 4 aliphatic heterocycles. The van der Waals surface area contributed by atoms with Crippen molar-refractivity contribution in [2.24, 2.45) is 5.92 Å². The number of hydrogen-bond donors (Lipinski definition) is 0. The van der Waals surface area contributed by atoms with Gasteiger partial charge in [0, 0.05) is 37.4 Å². The van der Waals surface area contributed by atoms with Gasteiger partial charge in [0.15, 0.2) is 0 Å². The Bertz CT molecular complexity index is 783. The number of hydrogen-bond acceptors (Lipinski definition) is 4. The second kappa shape index (κ2) is 7.63. The van der Waals surface area contributed by atoms with Crippen molar-refractivity contribution in [2.45, 2.75) is 63.6 Å². The molecule has 0 spiro atoms. The molecule has 0 radical (unpaired) electrons. The fourth-order valence-corrected chi connectivity index (χ4v) is 6.17. The lowest BCUT2D eigenvalue weighted by atomic mass is 9.90. The highest BCUT2D eigenvalue weighted by atomic mass is 16.6. The zero-order chi connectivity index (χ0) is 20.0. The van der Waals surface area contributed by atoms with Crippen LogP contribution in [0.1, 0.15) is 44.6 Å². The van der Waals surface area contributed by atoms with Crippen molar-refractivity contribution in [1.82, 2.24) is 9.80 Å². The summed E-state index contributed by atoms with van der Waals surface area (Å²) in [6, 6.07) is 9.21. The van der Waals surface area contributed by atoms with E-state index in [0.29, 0.717) is 37.1 Å². The van der Waals surface area contributed by atoms with Gasteiger partial charge in [-0.15, -0.1) is 0 Å². The second-order valence-corrected chi connectivity index (χ2v) is 9.10. The predicted molar refractivity (Wildman–Crippen MR) is 111 cm³/mol. The molecule has 3 fully saturated rings. The highest BCUT2D eigenvalue weighted by Gasteiger charge is 2.45. The summed E-state index contributed by atoms with van der Waals surface area (Å²) in [5, 5.41) is 0. The zero-order valence-corrected chi connectivity index (χ0v) is 17.3. The number of anilines is 1. The van der Waals surface area contributed by atoms with Gasteiger partial charge < -0.3 is 19.4 Å². The highest BCUT2D eigenvalue weighted by molar-refractivity contribution is 6.01. The van der Waals surface area contributed by atoms with Crippen LogP contribution in [0, 0.1) is 5.92 Å². The first-order valence-electron chi connectivity index (χ1n) is 11.2. The molecular formula is C23H31N3O3. The first-order chi connectivity index (χ1) is 14.1. The van der Waals surface area contributed by atoms with Gasteiger partial charge in [0.2, 0.25) is 5.91 Å². The number of ether oxygens (including phenoxy) is 1. The molecule has 5 rings (SSSR count). The van der Waals surface area contributed by atoms with Crippen molar-refractivity contribution >= 4 is 17.7 Å². The van der Waals surface area contributed by atoms with Gasteiger partial charge in [-0.05, 0) is 56.6 Å². The number of para-hydroxylation sites is 1. The lowest BCUT2D eigenvalue weighted by Crippen LogP contribution is -2.48. The van der Waals surface area contributed by atoms with Gasteiger partial charge in [0.25, 0.3) is 0 Å². The van der Waals surface area contributed by atoms with E-state index in [9.17, 15) is 9.59 Å². The molecule has 6 heteroatoms. The molecule has 0 saturated carbocycles. The Morgan fingerprint density at radius 3 is 2.62 bits per heavy atom. The lowest BCUT2D eigenvalue weighted by molar-refractivity contribution is -0.117. The van der Waals surface area contributed by atoms with E-state index in [1.54, 1.807) is 0 Å². The minimum absolute atomic E-state index is 0.120. The Kier molecular flexibility index (Phi) is 4.98. The van der Waals surface area contributed by atoms with E-state index in [1.807, 2.05) is 24.0 Å². The number of nitrogens with zero attached hydrogens (tertiary/aromatic N) is 3. The van der Waals surface area contributed by atoms with Crippen molar-refractivity contribution in [2.75, 3.05) is 31.1 Å². The van der Waals surface area contributed by atoms with Gasteiger partial charge >= 0.3 is 6.09 Å². The van der Waals surface area contributed by atoms with Gasteiger partial charge in [0.05, 0.1) is 19.1 Å². The monoisotopic (exact) mass is 397 g/mol. The van der Waals surface area contributed by atoms with E-state index in [2.05, 4.69) is 21.9 Å². The number of likely N-dealkylation sites (tertiary alicyclic amines) is 1. The first kappa shape index (κ1) is 18.9. The molecule has 0 aliphatic carbocycles. The third-order valence-corrected chi connectivity index (χ3v) is 7.30. The minimum Gasteiger partial charge on any atom is -0.450 e. The summed E-state index contributed by atoms with van der Waals surface area (Å²) in [4.78, 5) is 31.5. The van der Waals surface area contributed by atoms with E-state index in [1.165, 1.54) is 5.56 Å². The van der Waals surface area contributed by atoms with Gasteiger partial charge in [-0.2, -0.15) is 0 Å². The lowest BCUT2D eigenvalue weighted by Gasteiger charge is -2.39. The standard InChI is InChI=1S/C23H31N3O3/c1-2-29-23(28)25-18-7-8-19(25)12-16(11-18)14-24-10-9-20(15-24)26-21-6-4-3-5-17(21)13-22(26)27/h3-6,16,18-20H,2,7-15H2,1H3/t18-,19-,20-/m0/s1. The number of carbonyl (C=O) groups is 2. The van der Waals surface area contributed by atoms with Crippen LogP contribution >= 0.6 is 0 Å². The Morgan fingerprint density at radius 1 is 1.10 bits per heavy atom. The summed E-state index contributed by atoms with van der Waals surface area (Å²) in [7, 11) is 0. The topological polar surface area (TPSA) is 53.1 Å². The summed E-state index contributed by atoms with van der Waals surface area (Å²) < 4.78 is 5.28. The fraction of sp³-hybridized carbons (Fsp3) is 0.652. The minimum atomic E-state index is -0.120. The average molecular weight is 398 g/mol. The largest absolute Gasteiger partial charge is 0.450 e. The molecule has 29 heavy (non-hydrogen) atoms. The van der Waals surface area contributed by atoms with Crippen LogP contribution in [0.25, 0.3) is 0 Å². The number of rotatable bonds is 4. The summed E-state index contributed by atoms with van der Waals surface area (Å²) in [6.07, 6.45) is 5.87. The molecule has 0 aromatic heterocycles. The van der Waals surface area contributed by atoms with E-state index in [0.717, 1.165) is 57.4 Å². The predicted octanol–water partition coefficient (Wildman–Crippen LogP) is 3.05. The second-order valence-electron chi connectivity index (χ2n) is 9.10. The van der Waals surface area contributed by atoms with E-state index >= 15 is 0 Å². The molecule has 0 N–H and O–H groups in total. The van der Waals surface area contributed by atoms with Gasteiger partial charge in [-0.25, -0.2) is 4.79 Å². The Morgan fingerprint density at radius 2 is 1.86 bits per heavy atom. The Hall–Kier alpha value is -2.08. The molecule has 2 amide bonds. The van der Waals surface area contributed by atoms with Crippen LogP contribution in [0.2, 0.25) is 0 Å². The Balaban J connectivity index is 1.19. The van der Waals surface area contributed by atoms with E-state index < -0.39 is 0 Å². The van der Waals surface area contributed by atoms with Crippen molar-refractivity contribution in [3.8, 4) is 0 Å². The molecule has 3 atom stereocenters. The van der Waals surface area contributed by atoms with Crippen LogP contribution in [-0.4, -0.2) is 66.2 Å². The molecule has 3 saturated heterocycles. The normalized spacial score (nSPS) is 31.4. The van der Waals surface area contributed by atoms with Crippen LogP contribution in [0.5, 0.6) is 0 Å². The van der Waals surface area contributed by atoms with Gasteiger partial charge in [-0.1, -0.05) is 18.2 Å². The molecule has 1 aromatic rings. The number of fused-ring (bicyclic) bond motifs is 3. The highest BCUT2D eigenvalue weighted by Crippen LogP contribution is 2.40. The van der Waals surface area contributed by atoms with E-state index in [4.69, 9.17) is 4.74 Å². The van der Waals surface area contributed by atoms with Gasteiger partial charge in [0.1, 0.15) is 0 Å². The molecule has 156 valence electrons. The summed E-state index contributed by atoms with van der Waals surface area (Å²) in [5.41, 5.74) is 2.28. The van der Waals surface area contributed by atoms with Crippen LogP contribution in [0.4, 0.5) is 10.5 Å². The quantitative estimate of drug-likeness (QED) is 0.784. The first-order valence-corrected chi connectivity index (χ1v) is 11.2. The van der Waals surface area contributed by atoms with Gasteiger partial charge in [-0.3, -0.25) is 4.79 Å². The van der Waals surface area contributed by atoms with E-state index in [-0.39, 0.29) is 12.0 Å². The van der Waals surface area contributed by atoms with Crippen molar-refractivity contribution < 1.29 is 14.3 Å². The zero-order valence-electron chi connectivity index (χ0n) is 17.3. The fourth-order valence-electron chi connectivity index (χ4n) is 6.17. The van der Waals surface area contributed by atoms with Crippen molar-refractivity contribution in [1.29, 1.82) is 0 Å². The SMILES string of the molecule is CCOC(=O)N1[C@H]2CC[C@H]1CC(CN1CC[C@H](N3C(=O)Cc4ccccc43)C1)C2. The number of benzene rings is 1. The third-order valence-electron chi connectivity index (χ3n) is 7.30. The summed E-state index contributed by atoms with van der Waals surface area (Å²) >= 11 is 0. The van der Waals surface area contributed by atoms with Crippen LogP contribution in [0.15, 0.2) is 24.3 Å². The molecule has 6 nitrogen and oxygen atoms in total. The molecule has 2 bridgehead atoms. The molecular weight excluding hydrogens is 366 g/mol. The third kappa shape index (κ3) is 3.41. The summed E-state index contributed by atoms with van der Waals surface area (Å²) in [6.45, 7) is 5.44. The number of carbonyl (C=O) groups excluding carboxylic acids is 2. The van der Waals surface area contributed by atoms with Crippen molar-refractivity contribution in [3.05, 3.63) is 29.8 Å². The Labute approximate surface area is 172 Å². The maximum absolute atomic E-state index is 12.6. The molecule has 4 heterocycles.